The van der Waals surface area contributed by atoms with Gasteiger partial charge in [-0.25, -0.2) is 9.78 Å². The number of furan rings is 1. The van der Waals surface area contributed by atoms with Crippen LogP contribution in [0.4, 0.5) is 0 Å². The molecule has 5 heteroatoms. The first-order valence-corrected chi connectivity index (χ1v) is 5.40. The number of hydrogen-bond donors (Lipinski definition) is 1. The van der Waals surface area contributed by atoms with Crippen LogP contribution >= 0.6 is 0 Å². The third kappa shape index (κ3) is 1.41. The third-order valence-electron chi connectivity index (χ3n) is 2.93. The van der Waals surface area contributed by atoms with Crippen LogP contribution in [0.3, 0.4) is 0 Å². The second kappa shape index (κ2) is 3.73. The summed E-state index contributed by atoms with van der Waals surface area (Å²) in [6.45, 7) is 0. The summed E-state index contributed by atoms with van der Waals surface area (Å²) >= 11 is 0. The molecule has 0 fully saturated rings. The molecule has 0 spiro atoms. The molecule has 0 unspecified atom stereocenters. The van der Waals surface area contributed by atoms with Crippen LogP contribution in [-0.4, -0.2) is 20.6 Å². The van der Waals surface area contributed by atoms with E-state index in [1.165, 1.54) is 0 Å². The Hall–Kier alpha value is -2.56. The molecule has 0 saturated heterocycles. The number of carboxylic acid groups (broad SMARTS) is 1. The summed E-state index contributed by atoms with van der Waals surface area (Å²) in [4.78, 5) is 15.3. The van der Waals surface area contributed by atoms with E-state index in [1.54, 1.807) is 36.2 Å². The first-order chi connectivity index (χ1) is 8.68. The maximum absolute atomic E-state index is 11.1. The Bertz CT molecular complexity index is 726. The summed E-state index contributed by atoms with van der Waals surface area (Å²) in [7, 11) is 1.69. The minimum Gasteiger partial charge on any atom is -0.477 e. The predicted molar refractivity (Wildman–Crippen MR) is 65.4 cm³/mol. The lowest BCUT2D eigenvalue weighted by atomic mass is 10.1. The van der Waals surface area contributed by atoms with E-state index in [9.17, 15) is 4.79 Å². The van der Waals surface area contributed by atoms with Crippen molar-refractivity contribution in [1.29, 1.82) is 0 Å². The zero-order chi connectivity index (χ0) is 12.7. The Balaban J connectivity index is 2.35. The number of aryl methyl sites for hydroxylation is 1. The van der Waals surface area contributed by atoms with Gasteiger partial charge in [0, 0.05) is 24.2 Å². The topological polar surface area (TPSA) is 68.3 Å². The van der Waals surface area contributed by atoms with Gasteiger partial charge < -0.3 is 14.1 Å². The summed E-state index contributed by atoms with van der Waals surface area (Å²) < 4.78 is 6.91. The van der Waals surface area contributed by atoms with Crippen LogP contribution in [-0.2, 0) is 7.05 Å². The average molecular weight is 242 g/mol. The van der Waals surface area contributed by atoms with Gasteiger partial charge in [-0.2, -0.15) is 0 Å². The van der Waals surface area contributed by atoms with Gasteiger partial charge in [0.05, 0.1) is 6.26 Å². The van der Waals surface area contributed by atoms with Crippen molar-refractivity contribution in [3.63, 3.8) is 0 Å². The van der Waals surface area contributed by atoms with Crippen molar-refractivity contribution in [2.75, 3.05) is 0 Å². The van der Waals surface area contributed by atoms with Gasteiger partial charge in [0.1, 0.15) is 17.1 Å². The monoisotopic (exact) mass is 242 g/mol. The second-order valence-electron chi connectivity index (χ2n) is 3.97. The Morgan fingerprint density at radius 3 is 2.94 bits per heavy atom. The van der Waals surface area contributed by atoms with Crippen molar-refractivity contribution < 1.29 is 14.3 Å². The third-order valence-corrected chi connectivity index (χ3v) is 2.93. The minimum atomic E-state index is -0.971. The van der Waals surface area contributed by atoms with Gasteiger partial charge in [-0.15, -0.1) is 0 Å². The van der Waals surface area contributed by atoms with Crippen molar-refractivity contribution in [3.05, 3.63) is 42.4 Å². The van der Waals surface area contributed by atoms with E-state index in [0.717, 1.165) is 10.9 Å². The molecule has 0 atom stereocenters. The maximum Gasteiger partial charge on any atom is 0.352 e. The molecule has 0 aliphatic heterocycles. The summed E-state index contributed by atoms with van der Waals surface area (Å²) in [5.41, 5.74) is 1.67. The maximum atomic E-state index is 11.1. The van der Waals surface area contributed by atoms with Gasteiger partial charge in [0.2, 0.25) is 0 Å². The summed E-state index contributed by atoms with van der Waals surface area (Å²) in [6.07, 6.45) is 3.23. The molecule has 0 aromatic carbocycles. The molecule has 3 aromatic heterocycles. The van der Waals surface area contributed by atoms with E-state index in [4.69, 9.17) is 9.52 Å². The fraction of sp³-hybridized carbons (Fsp3) is 0.0769. The fourth-order valence-electron chi connectivity index (χ4n) is 2.07. The van der Waals surface area contributed by atoms with E-state index in [1.807, 2.05) is 12.1 Å². The molecule has 0 bridgehead atoms. The predicted octanol–water partition coefficient (Wildman–Crippen LogP) is 2.53. The van der Waals surface area contributed by atoms with Crippen molar-refractivity contribution in [3.8, 4) is 11.3 Å². The van der Waals surface area contributed by atoms with Crippen molar-refractivity contribution in [2.24, 2.45) is 7.05 Å². The number of carboxylic acids is 1. The Morgan fingerprint density at radius 1 is 1.44 bits per heavy atom. The molecule has 18 heavy (non-hydrogen) atoms. The molecule has 1 N–H and O–H groups in total. The van der Waals surface area contributed by atoms with Gasteiger partial charge in [0.15, 0.2) is 0 Å². The van der Waals surface area contributed by atoms with Crippen LogP contribution in [0.25, 0.3) is 22.4 Å². The number of aromatic nitrogens is 2. The standard InChI is InChI=1S/C13H10N2O3/c1-15-10(13(16)17)7-9-8(4-5-14-12(9)15)11-3-2-6-18-11/h2-7H,1H3,(H,16,17). The van der Waals surface area contributed by atoms with Crippen LogP contribution in [0.2, 0.25) is 0 Å². The molecular weight excluding hydrogens is 232 g/mol. The van der Waals surface area contributed by atoms with Crippen molar-refractivity contribution in [1.82, 2.24) is 9.55 Å². The number of carbonyl (C=O) groups is 1. The summed E-state index contributed by atoms with van der Waals surface area (Å²) in [6, 6.07) is 7.06. The Labute approximate surface area is 102 Å². The highest BCUT2D eigenvalue weighted by Crippen LogP contribution is 2.29. The molecule has 0 amide bonds. The average Bonchev–Trinajstić information content (AvgIpc) is 2.97. The quantitative estimate of drug-likeness (QED) is 0.749. The number of aromatic carboxylic acids is 1. The van der Waals surface area contributed by atoms with E-state index < -0.39 is 5.97 Å². The largest absolute Gasteiger partial charge is 0.477 e. The van der Waals surface area contributed by atoms with E-state index >= 15 is 0 Å². The highest BCUT2D eigenvalue weighted by atomic mass is 16.4. The van der Waals surface area contributed by atoms with Gasteiger partial charge >= 0.3 is 5.97 Å². The van der Waals surface area contributed by atoms with Gasteiger partial charge in [0.25, 0.3) is 0 Å². The number of nitrogens with zero attached hydrogens (tertiary/aromatic N) is 2. The van der Waals surface area contributed by atoms with E-state index in [2.05, 4.69) is 4.98 Å². The van der Waals surface area contributed by atoms with E-state index in [0.29, 0.717) is 11.4 Å². The lowest BCUT2D eigenvalue weighted by Gasteiger charge is -2.00. The Kier molecular flexibility index (Phi) is 2.19. The number of hydrogen-bond acceptors (Lipinski definition) is 3. The van der Waals surface area contributed by atoms with Gasteiger partial charge in [-0.1, -0.05) is 0 Å². The normalized spacial score (nSPS) is 10.9. The lowest BCUT2D eigenvalue weighted by molar-refractivity contribution is 0.0687. The van der Waals surface area contributed by atoms with Crippen molar-refractivity contribution in [2.45, 2.75) is 0 Å². The molecule has 0 aliphatic rings. The first kappa shape index (κ1) is 10.6. The molecule has 90 valence electrons. The second-order valence-corrected chi connectivity index (χ2v) is 3.97. The van der Waals surface area contributed by atoms with Crippen LogP contribution in [0.5, 0.6) is 0 Å². The molecule has 0 saturated carbocycles. The molecule has 5 nitrogen and oxygen atoms in total. The highest BCUT2D eigenvalue weighted by Gasteiger charge is 2.16. The lowest BCUT2D eigenvalue weighted by Crippen LogP contribution is -2.04. The Morgan fingerprint density at radius 2 is 2.28 bits per heavy atom. The number of fused-ring (bicyclic) bond motifs is 1. The number of pyridine rings is 1. The molecule has 0 aliphatic carbocycles. The molecule has 3 heterocycles. The van der Waals surface area contributed by atoms with Crippen LogP contribution in [0, 0.1) is 0 Å². The number of rotatable bonds is 2. The molecule has 3 rings (SSSR count). The SMILES string of the molecule is Cn1c(C(=O)O)cc2c(-c3ccco3)ccnc21. The van der Waals surface area contributed by atoms with Crippen LogP contribution in [0.15, 0.2) is 41.1 Å². The molecule has 0 radical (unpaired) electrons. The zero-order valence-corrected chi connectivity index (χ0v) is 9.62. The fourth-order valence-corrected chi connectivity index (χ4v) is 2.07. The van der Waals surface area contributed by atoms with Crippen LogP contribution in [0.1, 0.15) is 10.5 Å². The summed E-state index contributed by atoms with van der Waals surface area (Å²) in [5, 5.41) is 9.89. The summed E-state index contributed by atoms with van der Waals surface area (Å²) in [5.74, 6) is -0.272. The van der Waals surface area contributed by atoms with E-state index in [-0.39, 0.29) is 5.69 Å². The van der Waals surface area contributed by atoms with Gasteiger partial charge in [-0.3, -0.25) is 0 Å². The molecular formula is C13H10N2O3. The minimum absolute atomic E-state index is 0.205. The molecule has 3 aromatic rings. The van der Waals surface area contributed by atoms with Crippen molar-refractivity contribution >= 4 is 17.0 Å². The first-order valence-electron chi connectivity index (χ1n) is 5.40. The van der Waals surface area contributed by atoms with Gasteiger partial charge in [-0.05, 0) is 24.3 Å². The smallest absolute Gasteiger partial charge is 0.352 e. The van der Waals surface area contributed by atoms with Crippen LogP contribution < -0.4 is 0 Å². The highest BCUT2D eigenvalue weighted by molar-refractivity contribution is 5.99. The zero-order valence-electron chi connectivity index (χ0n) is 9.62.